The number of amides is 1. The highest BCUT2D eigenvalue weighted by atomic mass is 32.2. The summed E-state index contributed by atoms with van der Waals surface area (Å²) in [5.74, 6) is 0.861. The van der Waals surface area contributed by atoms with Gasteiger partial charge in [-0.25, -0.2) is 8.42 Å². The normalized spacial score (nSPS) is 27.8. The van der Waals surface area contributed by atoms with E-state index in [1.54, 1.807) is 22.5 Å². The molecule has 1 aromatic rings. The number of hydrogen-bond donors (Lipinski definition) is 1. The molecule has 0 unspecified atom stereocenters. The monoisotopic (exact) mass is 378 g/mol. The van der Waals surface area contributed by atoms with Crippen molar-refractivity contribution in [3.63, 3.8) is 0 Å². The van der Waals surface area contributed by atoms with Gasteiger partial charge in [-0.2, -0.15) is 4.31 Å². The summed E-state index contributed by atoms with van der Waals surface area (Å²) < 4.78 is 27.2. The zero-order valence-corrected chi connectivity index (χ0v) is 16.6. The van der Waals surface area contributed by atoms with Gasteiger partial charge in [0.25, 0.3) is 5.91 Å². The SMILES string of the molecule is C[C@H]1[C@@H](NC(=O)c2cccc(S(=O)(=O)N3CCCCC3)c2)CCC[C@@H]1C. The van der Waals surface area contributed by atoms with E-state index in [0.717, 1.165) is 32.1 Å². The molecule has 3 atom stereocenters. The van der Waals surface area contributed by atoms with E-state index < -0.39 is 10.0 Å². The minimum Gasteiger partial charge on any atom is -0.349 e. The summed E-state index contributed by atoms with van der Waals surface area (Å²) in [6.45, 7) is 5.55. The number of benzene rings is 1. The average Bonchev–Trinajstić information content (AvgIpc) is 2.66. The summed E-state index contributed by atoms with van der Waals surface area (Å²) in [6, 6.07) is 6.64. The number of rotatable bonds is 4. The molecule has 2 fully saturated rings. The minimum absolute atomic E-state index is 0.161. The van der Waals surface area contributed by atoms with Gasteiger partial charge in [0, 0.05) is 24.7 Å². The summed E-state index contributed by atoms with van der Waals surface area (Å²) in [6.07, 6.45) is 6.20. The summed E-state index contributed by atoms with van der Waals surface area (Å²) in [4.78, 5) is 12.9. The first-order chi connectivity index (χ1) is 12.4. The van der Waals surface area contributed by atoms with E-state index in [-0.39, 0.29) is 16.8 Å². The Balaban J connectivity index is 1.75. The van der Waals surface area contributed by atoms with E-state index in [9.17, 15) is 13.2 Å². The second-order valence-electron chi connectivity index (χ2n) is 7.84. The van der Waals surface area contributed by atoms with E-state index >= 15 is 0 Å². The number of hydrogen-bond acceptors (Lipinski definition) is 3. The highest BCUT2D eigenvalue weighted by Crippen LogP contribution is 2.30. The van der Waals surface area contributed by atoms with Crippen LogP contribution in [-0.2, 0) is 10.0 Å². The van der Waals surface area contributed by atoms with Gasteiger partial charge in [0.1, 0.15) is 0 Å². The first kappa shape index (κ1) is 19.4. The van der Waals surface area contributed by atoms with Crippen molar-refractivity contribution in [1.29, 1.82) is 0 Å². The fourth-order valence-corrected chi connectivity index (χ4v) is 5.65. The van der Waals surface area contributed by atoms with Crippen molar-refractivity contribution in [2.24, 2.45) is 11.8 Å². The van der Waals surface area contributed by atoms with Crippen molar-refractivity contribution in [2.75, 3.05) is 13.1 Å². The first-order valence-electron chi connectivity index (χ1n) is 9.80. The lowest BCUT2D eigenvalue weighted by atomic mass is 9.78. The number of carbonyl (C=O) groups is 1. The van der Waals surface area contributed by atoms with E-state index in [1.807, 2.05) is 0 Å². The number of sulfonamides is 1. The molecular formula is C20H30N2O3S. The Bertz CT molecular complexity index is 741. The molecule has 0 spiro atoms. The van der Waals surface area contributed by atoms with Gasteiger partial charge >= 0.3 is 0 Å². The highest BCUT2D eigenvalue weighted by Gasteiger charge is 2.29. The Kier molecular flexibility index (Phi) is 6.03. The Morgan fingerprint density at radius 1 is 1.08 bits per heavy atom. The zero-order chi connectivity index (χ0) is 18.7. The second kappa shape index (κ2) is 8.09. The van der Waals surface area contributed by atoms with Gasteiger partial charge < -0.3 is 5.32 Å². The molecule has 0 radical (unpaired) electrons. The summed E-state index contributed by atoms with van der Waals surface area (Å²) in [5, 5.41) is 3.13. The third kappa shape index (κ3) is 4.12. The molecule has 26 heavy (non-hydrogen) atoms. The maximum atomic E-state index is 12.8. The molecule has 1 saturated heterocycles. The average molecular weight is 379 g/mol. The highest BCUT2D eigenvalue weighted by molar-refractivity contribution is 7.89. The molecule has 1 aromatic carbocycles. The van der Waals surface area contributed by atoms with Gasteiger partial charge in [0.05, 0.1) is 4.90 Å². The van der Waals surface area contributed by atoms with Crippen LogP contribution in [0.25, 0.3) is 0 Å². The molecule has 5 nitrogen and oxygen atoms in total. The van der Waals surface area contributed by atoms with E-state index in [4.69, 9.17) is 0 Å². The quantitative estimate of drug-likeness (QED) is 0.873. The predicted octanol–water partition coefficient (Wildman–Crippen LogP) is 3.42. The largest absolute Gasteiger partial charge is 0.349 e. The lowest BCUT2D eigenvalue weighted by molar-refractivity contribution is 0.0891. The number of carbonyl (C=O) groups excluding carboxylic acids is 1. The molecule has 0 bridgehead atoms. The molecule has 1 amide bonds. The Labute approximate surface area is 157 Å². The van der Waals surface area contributed by atoms with Gasteiger partial charge in [-0.15, -0.1) is 0 Å². The summed E-state index contributed by atoms with van der Waals surface area (Å²) in [5.41, 5.74) is 0.425. The summed E-state index contributed by atoms with van der Waals surface area (Å²) in [7, 11) is -3.52. The van der Waals surface area contributed by atoms with Crippen LogP contribution in [-0.4, -0.2) is 37.8 Å². The van der Waals surface area contributed by atoms with Gasteiger partial charge in [-0.1, -0.05) is 39.2 Å². The third-order valence-corrected chi connectivity index (χ3v) is 7.97. The molecule has 3 rings (SSSR count). The van der Waals surface area contributed by atoms with Crippen molar-refractivity contribution in [3.8, 4) is 0 Å². The molecular weight excluding hydrogens is 348 g/mol. The van der Waals surface area contributed by atoms with Crippen LogP contribution in [0, 0.1) is 11.8 Å². The van der Waals surface area contributed by atoms with Crippen LogP contribution in [0.15, 0.2) is 29.2 Å². The van der Waals surface area contributed by atoms with Gasteiger partial charge in [0.2, 0.25) is 10.0 Å². The topological polar surface area (TPSA) is 66.5 Å². The van der Waals surface area contributed by atoms with Gasteiger partial charge in [-0.05, 0) is 49.3 Å². The zero-order valence-electron chi connectivity index (χ0n) is 15.8. The van der Waals surface area contributed by atoms with Crippen LogP contribution >= 0.6 is 0 Å². The standard InChI is InChI=1S/C20H30N2O3S/c1-15-8-6-11-19(16(15)2)21-20(23)17-9-7-10-18(14-17)26(24,25)22-12-4-3-5-13-22/h7,9-10,14-16,19H,3-6,8,11-13H2,1-2H3,(H,21,23)/t15-,16+,19-/m0/s1. The molecule has 1 heterocycles. The minimum atomic E-state index is -3.52. The fourth-order valence-electron chi connectivity index (χ4n) is 4.09. The van der Waals surface area contributed by atoms with Crippen LogP contribution in [0.4, 0.5) is 0 Å². The predicted molar refractivity (Wildman–Crippen MR) is 102 cm³/mol. The Hall–Kier alpha value is -1.40. The second-order valence-corrected chi connectivity index (χ2v) is 9.78. The maximum absolute atomic E-state index is 12.8. The Morgan fingerprint density at radius 2 is 1.81 bits per heavy atom. The van der Waals surface area contributed by atoms with Crippen molar-refractivity contribution >= 4 is 15.9 Å². The van der Waals surface area contributed by atoms with Gasteiger partial charge in [-0.3, -0.25) is 4.79 Å². The van der Waals surface area contributed by atoms with E-state index in [2.05, 4.69) is 19.2 Å². The number of piperidine rings is 1. The van der Waals surface area contributed by atoms with Crippen LogP contribution in [0.1, 0.15) is 62.7 Å². The molecule has 0 aromatic heterocycles. The first-order valence-corrected chi connectivity index (χ1v) is 11.2. The van der Waals surface area contributed by atoms with Crippen LogP contribution < -0.4 is 5.32 Å². The van der Waals surface area contributed by atoms with Crippen molar-refractivity contribution < 1.29 is 13.2 Å². The van der Waals surface area contributed by atoms with Crippen molar-refractivity contribution in [3.05, 3.63) is 29.8 Å². The molecule has 2 aliphatic rings. The maximum Gasteiger partial charge on any atom is 0.251 e. The number of nitrogens with one attached hydrogen (secondary N) is 1. The number of nitrogens with zero attached hydrogens (tertiary/aromatic N) is 1. The molecule has 144 valence electrons. The van der Waals surface area contributed by atoms with Crippen molar-refractivity contribution in [1.82, 2.24) is 9.62 Å². The molecule has 1 saturated carbocycles. The van der Waals surface area contributed by atoms with Crippen LogP contribution in [0.2, 0.25) is 0 Å². The molecule has 6 heteroatoms. The van der Waals surface area contributed by atoms with Crippen LogP contribution in [0.3, 0.4) is 0 Å². The summed E-state index contributed by atoms with van der Waals surface area (Å²) >= 11 is 0. The third-order valence-electron chi connectivity index (χ3n) is 6.07. The lowest BCUT2D eigenvalue weighted by Crippen LogP contribution is -2.43. The Morgan fingerprint density at radius 3 is 2.54 bits per heavy atom. The van der Waals surface area contributed by atoms with Crippen LogP contribution in [0.5, 0.6) is 0 Å². The molecule has 1 aliphatic carbocycles. The molecule has 1 N–H and O–H groups in total. The van der Waals surface area contributed by atoms with E-state index in [0.29, 0.717) is 30.5 Å². The fraction of sp³-hybridized carbons (Fsp3) is 0.650. The smallest absolute Gasteiger partial charge is 0.251 e. The molecule has 1 aliphatic heterocycles. The van der Waals surface area contributed by atoms with Gasteiger partial charge in [0.15, 0.2) is 0 Å². The van der Waals surface area contributed by atoms with E-state index in [1.165, 1.54) is 12.5 Å². The lowest BCUT2D eigenvalue weighted by Gasteiger charge is -2.34. The van der Waals surface area contributed by atoms with Crippen molar-refractivity contribution in [2.45, 2.75) is 63.3 Å².